The first-order valence-corrected chi connectivity index (χ1v) is 8.04. The molecule has 0 radical (unpaired) electrons. The number of ether oxygens (including phenoxy) is 1. The van der Waals surface area contributed by atoms with Crippen LogP contribution in [0, 0.1) is 0 Å². The summed E-state index contributed by atoms with van der Waals surface area (Å²) in [5, 5.41) is 5.56. The van der Waals surface area contributed by atoms with Crippen LogP contribution >= 0.6 is 0 Å². The van der Waals surface area contributed by atoms with Crippen LogP contribution in [-0.4, -0.2) is 18.4 Å². The van der Waals surface area contributed by atoms with E-state index in [1.54, 1.807) is 30.3 Å². The van der Waals surface area contributed by atoms with Gasteiger partial charge in [0.1, 0.15) is 5.75 Å². The minimum atomic E-state index is -2.88. The molecule has 1 atom stereocenters. The SMILES string of the molecule is CC(=O)Nc1cccc(C(C)NC(=O)Cc2ccc(OC(F)F)cc2)c1. The maximum absolute atomic E-state index is 12.2. The van der Waals surface area contributed by atoms with Crippen LogP contribution in [0.1, 0.15) is 31.0 Å². The average Bonchev–Trinajstić information content (AvgIpc) is 2.55. The van der Waals surface area contributed by atoms with Crippen molar-refractivity contribution in [2.24, 2.45) is 0 Å². The molecule has 0 saturated heterocycles. The van der Waals surface area contributed by atoms with Gasteiger partial charge in [0.15, 0.2) is 0 Å². The maximum Gasteiger partial charge on any atom is 0.387 e. The lowest BCUT2D eigenvalue weighted by Gasteiger charge is -2.16. The monoisotopic (exact) mass is 362 g/mol. The molecule has 0 spiro atoms. The first-order chi connectivity index (χ1) is 12.3. The van der Waals surface area contributed by atoms with Crippen molar-refractivity contribution in [2.75, 3.05) is 5.32 Å². The average molecular weight is 362 g/mol. The molecule has 7 heteroatoms. The Morgan fingerprint density at radius 1 is 1.12 bits per heavy atom. The normalized spacial score (nSPS) is 11.7. The van der Waals surface area contributed by atoms with Crippen molar-refractivity contribution in [2.45, 2.75) is 32.9 Å². The molecule has 0 aromatic heterocycles. The molecule has 2 rings (SSSR count). The summed E-state index contributed by atoms with van der Waals surface area (Å²) in [5.74, 6) is -0.324. The van der Waals surface area contributed by atoms with E-state index in [0.29, 0.717) is 11.3 Å². The predicted octanol–water partition coefficient (Wildman–Crippen LogP) is 3.67. The molecular formula is C19H20F2N2O3. The Balaban J connectivity index is 1.93. The van der Waals surface area contributed by atoms with Crippen molar-refractivity contribution in [3.8, 4) is 5.75 Å². The van der Waals surface area contributed by atoms with Crippen LogP contribution in [0.4, 0.5) is 14.5 Å². The number of amides is 2. The van der Waals surface area contributed by atoms with Crippen molar-refractivity contribution in [1.82, 2.24) is 5.32 Å². The number of halogens is 2. The van der Waals surface area contributed by atoms with Gasteiger partial charge in [0, 0.05) is 12.6 Å². The number of anilines is 1. The molecular weight excluding hydrogens is 342 g/mol. The number of benzene rings is 2. The van der Waals surface area contributed by atoms with Crippen LogP contribution in [0.3, 0.4) is 0 Å². The lowest BCUT2D eigenvalue weighted by atomic mass is 10.1. The van der Waals surface area contributed by atoms with Gasteiger partial charge in [-0.2, -0.15) is 8.78 Å². The maximum atomic E-state index is 12.2. The second-order valence-electron chi connectivity index (χ2n) is 5.80. The summed E-state index contributed by atoms with van der Waals surface area (Å²) in [4.78, 5) is 23.3. The third-order valence-corrected chi connectivity index (χ3v) is 3.60. The quantitative estimate of drug-likeness (QED) is 0.790. The van der Waals surface area contributed by atoms with Gasteiger partial charge in [-0.05, 0) is 42.3 Å². The van der Waals surface area contributed by atoms with Gasteiger partial charge in [0.2, 0.25) is 11.8 Å². The van der Waals surface area contributed by atoms with E-state index < -0.39 is 6.61 Å². The van der Waals surface area contributed by atoms with Crippen LogP contribution in [0.5, 0.6) is 5.75 Å². The Labute approximate surface area is 150 Å². The van der Waals surface area contributed by atoms with Gasteiger partial charge in [-0.1, -0.05) is 24.3 Å². The molecule has 2 aromatic carbocycles. The Bertz CT molecular complexity index is 764. The summed E-state index contributed by atoms with van der Waals surface area (Å²) in [6.45, 7) is 0.387. The third kappa shape index (κ3) is 6.16. The van der Waals surface area contributed by atoms with Crippen LogP contribution in [-0.2, 0) is 16.0 Å². The molecule has 0 aliphatic heterocycles. The zero-order valence-corrected chi connectivity index (χ0v) is 14.5. The van der Waals surface area contributed by atoms with Crippen molar-refractivity contribution in [3.05, 3.63) is 59.7 Å². The summed E-state index contributed by atoms with van der Waals surface area (Å²) < 4.78 is 28.5. The zero-order valence-electron chi connectivity index (χ0n) is 14.5. The molecule has 0 aliphatic rings. The molecule has 0 heterocycles. The fourth-order valence-electron chi connectivity index (χ4n) is 2.44. The molecule has 5 nitrogen and oxygen atoms in total. The van der Waals surface area contributed by atoms with Crippen LogP contribution in [0.2, 0.25) is 0 Å². The van der Waals surface area contributed by atoms with Gasteiger partial charge in [-0.25, -0.2) is 0 Å². The van der Waals surface area contributed by atoms with Crippen LogP contribution in [0.15, 0.2) is 48.5 Å². The van der Waals surface area contributed by atoms with Crippen molar-refractivity contribution < 1.29 is 23.1 Å². The molecule has 0 fully saturated rings. The summed E-state index contributed by atoms with van der Waals surface area (Å²) >= 11 is 0. The molecule has 2 aromatic rings. The molecule has 2 amide bonds. The van der Waals surface area contributed by atoms with E-state index in [1.807, 2.05) is 13.0 Å². The summed E-state index contributed by atoms with van der Waals surface area (Å²) in [5.41, 5.74) is 2.19. The number of alkyl halides is 2. The number of nitrogens with one attached hydrogen (secondary N) is 2. The smallest absolute Gasteiger partial charge is 0.387 e. The highest BCUT2D eigenvalue weighted by Gasteiger charge is 2.11. The van der Waals surface area contributed by atoms with Crippen molar-refractivity contribution in [3.63, 3.8) is 0 Å². The second kappa shape index (κ2) is 8.94. The summed E-state index contributed by atoms with van der Waals surface area (Å²) in [7, 11) is 0. The summed E-state index contributed by atoms with van der Waals surface area (Å²) in [6, 6.07) is 12.9. The highest BCUT2D eigenvalue weighted by atomic mass is 19.3. The molecule has 0 saturated carbocycles. The molecule has 0 aliphatic carbocycles. The van der Waals surface area contributed by atoms with E-state index in [2.05, 4.69) is 15.4 Å². The Hall–Kier alpha value is -2.96. The minimum Gasteiger partial charge on any atom is -0.435 e. The van der Waals surface area contributed by atoms with E-state index in [9.17, 15) is 18.4 Å². The number of hydrogen-bond donors (Lipinski definition) is 2. The second-order valence-corrected chi connectivity index (χ2v) is 5.80. The van der Waals surface area contributed by atoms with Gasteiger partial charge in [-0.3, -0.25) is 9.59 Å². The largest absolute Gasteiger partial charge is 0.435 e. The Morgan fingerprint density at radius 2 is 1.81 bits per heavy atom. The van der Waals surface area contributed by atoms with Gasteiger partial charge < -0.3 is 15.4 Å². The molecule has 26 heavy (non-hydrogen) atoms. The molecule has 0 bridgehead atoms. The highest BCUT2D eigenvalue weighted by Crippen LogP contribution is 2.18. The molecule has 1 unspecified atom stereocenters. The van der Waals surface area contributed by atoms with E-state index >= 15 is 0 Å². The summed E-state index contributed by atoms with van der Waals surface area (Å²) in [6.07, 6.45) is 0.116. The van der Waals surface area contributed by atoms with Crippen LogP contribution < -0.4 is 15.4 Å². The fraction of sp³-hybridized carbons (Fsp3) is 0.263. The highest BCUT2D eigenvalue weighted by molar-refractivity contribution is 5.88. The first-order valence-electron chi connectivity index (χ1n) is 8.04. The Kier molecular flexibility index (Phi) is 6.66. The van der Waals surface area contributed by atoms with E-state index in [4.69, 9.17) is 0 Å². The zero-order chi connectivity index (χ0) is 19.1. The van der Waals surface area contributed by atoms with Crippen LogP contribution in [0.25, 0.3) is 0 Å². The topological polar surface area (TPSA) is 67.4 Å². The van der Waals surface area contributed by atoms with Gasteiger partial charge in [0.25, 0.3) is 0 Å². The van der Waals surface area contributed by atoms with Crippen molar-refractivity contribution in [1.29, 1.82) is 0 Å². The molecule has 138 valence electrons. The lowest BCUT2D eigenvalue weighted by Crippen LogP contribution is -2.28. The molecule has 2 N–H and O–H groups in total. The first kappa shape index (κ1) is 19.4. The number of carbonyl (C=O) groups excluding carboxylic acids is 2. The van der Waals surface area contributed by atoms with Gasteiger partial charge in [-0.15, -0.1) is 0 Å². The Morgan fingerprint density at radius 3 is 2.42 bits per heavy atom. The number of carbonyl (C=O) groups is 2. The van der Waals surface area contributed by atoms with Gasteiger partial charge >= 0.3 is 6.61 Å². The van der Waals surface area contributed by atoms with Gasteiger partial charge in [0.05, 0.1) is 12.5 Å². The third-order valence-electron chi connectivity index (χ3n) is 3.60. The number of rotatable bonds is 7. The van der Waals surface area contributed by atoms with E-state index in [0.717, 1.165) is 5.56 Å². The minimum absolute atomic E-state index is 0.0484. The fourth-order valence-corrected chi connectivity index (χ4v) is 2.44. The number of hydrogen-bond acceptors (Lipinski definition) is 3. The predicted molar refractivity (Wildman–Crippen MR) is 94.1 cm³/mol. The lowest BCUT2D eigenvalue weighted by molar-refractivity contribution is -0.121. The van der Waals surface area contributed by atoms with E-state index in [-0.39, 0.29) is 30.0 Å². The van der Waals surface area contributed by atoms with E-state index in [1.165, 1.54) is 19.1 Å². The standard InChI is InChI=1S/C19H20F2N2O3/c1-12(15-4-3-5-16(11-15)23-13(2)24)22-18(25)10-14-6-8-17(9-7-14)26-19(20)21/h3-9,11-12,19H,10H2,1-2H3,(H,22,25)(H,23,24). The van der Waals surface area contributed by atoms with Crippen molar-refractivity contribution >= 4 is 17.5 Å².